The molecule has 0 bridgehead atoms. The molecule has 0 aromatic heterocycles. The second kappa shape index (κ2) is 4.43. The Kier molecular flexibility index (Phi) is 3.60. The molecule has 2 unspecified atom stereocenters. The Balaban J connectivity index is 3.19. The summed E-state index contributed by atoms with van der Waals surface area (Å²) in [5, 5.41) is 9.56. The zero-order valence-corrected chi connectivity index (χ0v) is 9.05. The average molecular weight is 233 g/mol. The lowest BCUT2D eigenvalue weighted by Gasteiger charge is -2.18. The highest BCUT2D eigenvalue weighted by Gasteiger charge is 2.27. The first kappa shape index (κ1) is 13.0. The second-order valence-electron chi connectivity index (χ2n) is 3.93. The van der Waals surface area contributed by atoms with E-state index in [1.54, 1.807) is 0 Å². The highest BCUT2D eigenvalue weighted by atomic mass is 19.3. The molecule has 0 spiro atoms. The summed E-state index contributed by atoms with van der Waals surface area (Å²) in [6, 6.07) is 2.12. The van der Waals surface area contributed by atoms with Crippen molar-refractivity contribution in [2.75, 3.05) is 0 Å². The van der Waals surface area contributed by atoms with Crippen LogP contribution in [-0.2, 0) is 5.92 Å². The number of hydrogen-bond acceptors (Lipinski definition) is 2. The van der Waals surface area contributed by atoms with Gasteiger partial charge in [-0.3, -0.25) is 0 Å². The maximum absolute atomic E-state index is 13.3. The van der Waals surface area contributed by atoms with Crippen LogP contribution in [0, 0.1) is 5.82 Å². The number of aliphatic hydroxyl groups excluding tert-OH is 1. The third-order valence-electron chi connectivity index (χ3n) is 2.32. The topological polar surface area (TPSA) is 46.2 Å². The van der Waals surface area contributed by atoms with Crippen molar-refractivity contribution in [2.45, 2.75) is 31.9 Å². The fourth-order valence-corrected chi connectivity index (χ4v) is 1.33. The molecule has 90 valence electrons. The summed E-state index contributed by atoms with van der Waals surface area (Å²) >= 11 is 0. The standard InChI is InChI=1S/C11H14F3NO/c1-6(15)10(16)8-5-7(11(2,13)14)3-4-9(8)12/h3-6,10,16H,15H2,1-2H3. The Labute approximate surface area is 91.9 Å². The Morgan fingerprint density at radius 2 is 1.94 bits per heavy atom. The van der Waals surface area contributed by atoms with Gasteiger partial charge in [0.25, 0.3) is 5.92 Å². The molecule has 0 saturated heterocycles. The van der Waals surface area contributed by atoms with Gasteiger partial charge in [-0.15, -0.1) is 0 Å². The number of rotatable bonds is 3. The summed E-state index contributed by atoms with van der Waals surface area (Å²) in [7, 11) is 0. The highest BCUT2D eigenvalue weighted by Crippen LogP contribution is 2.30. The first-order valence-corrected chi connectivity index (χ1v) is 4.85. The van der Waals surface area contributed by atoms with E-state index < -0.39 is 23.9 Å². The molecule has 0 amide bonds. The molecule has 1 rings (SSSR count). The molecule has 0 saturated carbocycles. The van der Waals surface area contributed by atoms with E-state index in [0.717, 1.165) is 18.2 Å². The number of halogens is 3. The van der Waals surface area contributed by atoms with Crippen molar-refractivity contribution in [2.24, 2.45) is 5.73 Å². The van der Waals surface area contributed by atoms with Gasteiger partial charge in [0.2, 0.25) is 0 Å². The van der Waals surface area contributed by atoms with Crippen molar-refractivity contribution >= 4 is 0 Å². The quantitative estimate of drug-likeness (QED) is 0.841. The van der Waals surface area contributed by atoms with Crippen LogP contribution in [0.4, 0.5) is 13.2 Å². The van der Waals surface area contributed by atoms with Crippen molar-refractivity contribution in [1.29, 1.82) is 0 Å². The van der Waals surface area contributed by atoms with E-state index in [-0.39, 0.29) is 11.1 Å². The highest BCUT2D eigenvalue weighted by molar-refractivity contribution is 5.30. The maximum Gasteiger partial charge on any atom is 0.270 e. The predicted molar refractivity (Wildman–Crippen MR) is 54.6 cm³/mol. The van der Waals surface area contributed by atoms with Crippen LogP contribution in [0.5, 0.6) is 0 Å². The Bertz CT molecular complexity index is 374. The third-order valence-corrected chi connectivity index (χ3v) is 2.32. The van der Waals surface area contributed by atoms with Gasteiger partial charge in [0.1, 0.15) is 5.82 Å². The molecule has 2 nitrogen and oxygen atoms in total. The van der Waals surface area contributed by atoms with E-state index in [9.17, 15) is 18.3 Å². The van der Waals surface area contributed by atoms with Crippen LogP contribution < -0.4 is 5.73 Å². The number of aliphatic hydroxyl groups is 1. The van der Waals surface area contributed by atoms with E-state index in [1.807, 2.05) is 0 Å². The molecule has 0 aliphatic rings. The molecule has 1 aromatic carbocycles. The summed E-state index contributed by atoms with van der Waals surface area (Å²) in [4.78, 5) is 0. The van der Waals surface area contributed by atoms with Gasteiger partial charge < -0.3 is 10.8 Å². The fourth-order valence-electron chi connectivity index (χ4n) is 1.33. The normalized spacial score (nSPS) is 15.9. The van der Waals surface area contributed by atoms with Crippen LogP contribution in [0.15, 0.2) is 18.2 Å². The van der Waals surface area contributed by atoms with Gasteiger partial charge in [-0.1, -0.05) is 6.07 Å². The smallest absolute Gasteiger partial charge is 0.270 e. The van der Waals surface area contributed by atoms with Gasteiger partial charge in [0.05, 0.1) is 6.10 Å². The largest absolute Gasteiger partial charge is 0.387 e. The molecule has 2 atom stereocenters. The van der Waals surface area contributed by atoms with Gasteiger partial charge in [-0.25, -0.2) is 13.2 Å². The van der Waals surface area contributed by atoms with Crippen molar-refractivity contribution in [3.8, 4) is 0 Å². The van der Waals surface area contributed by atoms with Crippen LogP contribution >= 0.6 is 0 Å². The van der Waals surface area contributed by atoms with Crippen molar-refractivity contribution in [3.05, 3.63) is 35.1 Å². The number of benzene rings is 1. The molecular formula is C11H14F3NO. The molecular weight excluding hydrogens is 219 g/mol. The molecule has 0 aliphatic heterocycles. The van der Waals surface area contributed by atoms with Gasteiger partial charge in [-0.2, -0.15) is 0 Å². The molecule has 16 heavy (non-hydrogen) atoms. The van der Waals surface area contributed by atoms with Gasteiger partial charge >= 0.3 is 0 Å². The molecule has 0 aliphatic carbocycles. The van der Waals surface area contributed by atoms with E-state index in [4.69, 9.17) is 5.73 Å². The maximum atomic E-state index is 13.3. The zero-order chi connectivity index (χ0) is 12.5. The minimum absolute atomic E-state index is 0.200. The average Bonchev–Trinajstić information content (AvgIpc) is 2.15. The summed E-state index contributed by atoms with van der Waals surface area (Å²) in [5.74, 6) is -3.81. The first-order chi connectivity index (χ1) is 7.23. The Hall–Kier alpha value is -1.07. The first-order valence-electron chi connectivity index (χ1n) is 4.85. The summed E-state index contributed by atoms with van der Waals surface area (Å²) < 4.78 is 39.3. The summed E-state index contributed by atoms with van der Waals surface area (Å²) in [5.41, 5.74) is 4.85. The van der Waals surface area contributed by atoms with Crippen LogP contribution in [-0.4, -0.2) is 11.1 Å². The van der Waals surface area contributed by atoms with Crippen molar-refractivity contribution in [3.63, 3.8) is 0 Å². The van der Waals surface area contributed by atoms with Gasteiger partial charge in [0.15, 0.2) is 0 Å². The van der Waals surface area contributed by atoms with Crippen LogP contribution in [0.1, 0.15) is 31.1 Å². The lowest BCUT2D eigenvalue weighted by molar-refractivity contribution is 0.0170. The molecule has 3 N–H and O–H groups in total. The lowest BCUT2D eigenvalue weighted by Crippen LogP contribution is -2.25. The zero-order valence-electron chi connectivity index (χ0n) is 9.05. The summed E-state index contributed by atoms with van der Waals surface area (Å²) in [6.07, 6.45) is -1.29. The Morgan fingerprint density at radius 3 is 2.38 bits per heavy atom. The molecule has 0 heterocycles. The number of hydrogen-bond donors (Lipinski definition) is 2. The fraction of sp³-hybridized carbons (Fsp3) is 0.455. The van der Waals surface area contributed by atoms with Crippen molar-refractivity contribution < 1.29 is 18.3 Å². The number of nitrogens with two attached hydrogens (primary N) is 1. The van der Waals surface area contributed by atoms with Crippen molar-refractivity contribution in [1.82, 2.24) is 0 Å². The molecule has 0 fully saturated rings. The monoisotopic (exact) mass is 233 g/mol. The molecule has 0 radical (unpaired) electrons. The minimum Gasteiger partial charge on any atom is -0.387 e. The molecule has 1 aromatic rings. The van der Waals surface area contributed by atoms with E-state index in [0.29, 0.717) is 6.92 Å². The van der Waals surface area contributed by atoms with E-state index >= 15 is 0 Å². The molecule has 5 heteroatoms. The number of alkyl halides is 2. The van der Waals surface area contributed by atoms with Crippen LogP contribution in [0.3, 0.4) is 0 Å². The van der Waals surface area contributed by atoms with Gasteiger partial charge in [-0.05, 0) is 19.1 Å². The van der Waals surface area contributed by atoms with Crippen LogP contribution in [0.25, 0.3) is 0 Å². The lowest BCUT2D eigenvalue weighted by atomic mass is 9.99. The van der Waals surface area contributed by atoms with Gasteiger partial charge in [0, 0.05) is 24.1 Å². The second-order valence-corrected chi connectivity index (χ2v) is 3.93. The third kappa shape index (κ3) is 2.74. The minimum atomic E-state index is -3.07. The van der Waals surface area contributed by atoms with E-state index in [2.05, 4.69) is 0 Å². The Morgan fingerprint density at radius 1 is 1.38 bits per heavy atom. The predicted octanol–water partition coefficient (Wildman–Crippen LogP) is 2.32. The summed E-state index contributed by atoms with van der Waals surface area (Å²) in [6.45, 7) is 2.18. The van der Waals surface area contributed by atoms with E-state index in [1.165, 1.54) is 6.92 Å². The van der Waals surface area contributed by atoms with Crippen LogP contribution in [0.2, 0.25) is 0 Å². The SMILES string of the molecule is CC(N)C(O)c1cc(C(C)(F)F)ccc1F.